The number of hydrogen-bond acceptors (Lipinski definition) is 4. The van der Waals surface area contributed by atoms with Gasteiger partial charge in [0.05, 0.1) is 0 Å². The van der Waals surface area contributed by atoms with Crippen LogP contribution in [0.1, 0.15) is 6.42 Å². The van der Waals surface area contributed by atoms with Gasteiger partial charge in [0.15, 0.2) is 0 Å². The molecule has 0 aromatic rings. The molecule has 0 atom stereocenters. The van der Waals surface area contributed by atoms with Crippen molar-refractivity contribution in [3.05, 3.63) is 17.9 Å². The molecule has 4 heteroatoms. The van der Waals surface area contributed by atoms with Crippen LogP contribution >= 0.6 is 0 Å². The molecule has 0 bridgehead atoms. The summed E-state index contributed by atoms with van der Waals surface area (Å²) in [7, 11) is 1.52. The van der Waals surface area contributed by atoms with Crippen LogP contribution in [0.3, 0.4) is 0 Å². The fraction of sp³-hybridized carbons (Fsp3) is 0.714. The third-order valence-corrected chi connectivity index (χ3v) is 1.15. The van der Waals surface area contributed by atoms with E-state index in [1.54, 1.807) is 6.08 Å². The van der Waals surface area contributed by atoms with Gasteiger partial charge in [-0.2, -0.15) is 0 Å². The van der Waals surface area contributed by atoms with Crippen LogP contribution in [0.2, 0.25) is 0 Å². The first-order chi connectivity index (χ1) is 5.27. The Balaban J connectivity index is 2.85. The van der Waals surface area contributed by atoms with Crippen LogP contribution in [0.4, 0.5) is 0 Å². The van der Waals surface area contributed by atoms with Gasteiger partial charge in [-0.3, -0.25) is 10.9 Å². The topological polar surface area (TPSA) is 50.4 Å². The summed E-state index contributed by atoms with van der Waals surface area (Å²) in [6.45, 7) is 5.67. The molecule has 4 nitrogen and oxygen atoms in total. The van der Waals surface area contributed by atoms with Gasteiger partial charge in [-0.25, -0.2) is 0 Å². The first-order valence-electron chi connectivity index (χ1n) is 3.72. The monoisotopic (exact) mass is 158 g/mol. The van der Waals surface area contributed by atoms with Crippen molar-refractivity contribution in [2.45, 2.75) is 6.42 Å². The second kappa shape index (κ2) is 7.68. The summed E-state index contributed by atoms with van der Waals surface area (Å²) in [5.74, 6) is 0. The van der Waals surface area contributed by atoms with E-state index in [4.69, 9.17) is 0 Å². The van der Waals surface area contributed by atoms with Crippen molar-refractivity contribution in [3.63, 3.8) is 0 Å². The van der Waals surface area contributed by atoms with Crippen LogP contribution < -0.4 is 10.9 Å². The standard InChI is InChI=1S/C7H16N3O/c1-3-5-8-9-6-4-7-10(2)11/h3,8-9H,1,4-7H2,2H3/q-1. The molecular formula is C7H16N3O-. The highest BCUT2D eigenvalue weighted by atomic mass is 16.5. The average molecular weight is 158 g/mol. The zero-order chi connectivity index (χ0) is 8.53. The van der Waals surface area contributed by atoms with Crippen LogP contribution in [0.25, 0.3) is 0 Å². The molecule has 0 aromatic heterocycles. The highest BCUT2D eigenvalue weighted by Gasteiger charge is 1.84. The normalized spacial score (nSPS) is 10.5. The van der Waals surface area contributed by atoms with E-state index in [-0.39, 0.29) is 0 Å². The van der Waals surface area contributed by atoms with Crippen molar-refractivity contribution >= 4 is 0 Å². The van der Waals surface area contributed by atoms with Crippen molar-refractivity contribution in [1.29, 1.82) is 0 Å². The lowest BCUT2D eigenvalue weighted by atomic mass is 10.4. The van der Waals surface area contributed by atoms with Crippen molar-refractivity contribution in [2.24, 2.45) is 0 Å². The molecule has 0 amide bonds. The van der Waals surface area contributed by atoms with Gasteiger partial charge in [0.1, 0.15) is 0 Å². The summed E-state index contributed by atoms with van der Waals surface area (Å²) in [4.78, 5) is 0. The van der Waals surface area contributed by atoms with E-state index in [0.717, 1.165) is 24.6 Å². The minimum Gasteiger partial charge on any atom is -0.785 e. The average Bonchev–Trinajstić information content (AvgIpc) is 1.96. The second-order valence-electron chi connectivity index (χ2n) is 2.30. The molecule has 0 radical (unpaired) electrons. The predicted octanol–water partition coefficient (Wildman–Crippen LogP) is 0.0863. The predicted molar refractivity (Wildman–Crippen MR) is 46.8 cm³/mol. The summed E-state index contributed by atoms with van der Waals surface area (Å²) in [6.07, 6.45) is 2.62. The molecule has 0 saturated heterocycles. The summed E-state index contributed by atoms with van der Waals surface area (Å²) < 4.78 is 0. The molecule has 0 unspecified atom stereocenters. The maximum atomic E-state index is 10.4. The van der Waals surface area contributed by atoms with Crippen LogP contribution in [0, 0.1) is 5.21 Å². The molecule has 0 rings (SSSR count). The molecule has 0 aromatic carbocycles. The largest absolute Gasteiger partial charge is 0.785 e. The van der Waals surface area contributed by atoms with Gasteiger partial charge in [0.2, 0.25) is 0 Å². The minimum atomic E-state index is 0.572. The maximum absolute atomic E-state index is 10.4. The molecule has 0 saturated carbocycles. The Morgan fingerprint density at radius 3 is 2.82 bits per heavy atom. The Morgan fingerprint density at radius 1 is 1.55 bits per heavy atom. The minimum absolute atomic E-state index is 0.572. The molecule has 66 valence electrons. The van der Waals surface area contributed by atoms with Crippen LogP contribution in [-0.4, -0.2) is 31.7 Å². The summed E-state index contributed by atoms with van der Waals surface area (Å²) in [6, 6.07) is 0. The molecule has 2 N–H and O–H groups in total. The van der Waals surface area contributed by atoms with Crippen molar-refractivity contribution in [1.82, 2.24) is 15.9 Å². The molecule has 0 heterocycles. The highest BCUT2D eigenvalue weighted by Crippen LogP contribution is 1.80. The summed E-state index contributed by atoms with van der Waals surface area (Å²) >= 11 is 0. The van der Waals surface area contributed by atoms with Gasteiger partial charge in [0.25, 0.3) is 0 Å². The van der Waals surface area contributed by atoms with Crippen LogP contribution in [0.5, 0.6) is 0 Å². The van der Waals surface area contributed by atoms with Gasteiger partial charge in [-0.05, 0) is 20.0 Å². The van der Waals surface area contributed by atoms with Crippen molar-refractivity contribution in [2.75, 3.05) is 26.7 Å². The van der Waals surface area contributed by atoms with E-state index in [1.165, 1.54) is 7.05 Å². The maximum Gasteiger partial charge on any atom is 0.0278 e. The Labute approximate surface area is 67.8 Å². The van der Waals surface area contributed by atoms with E-state index in [2.05, 4.69) is 17.4 Å². The lowest BCUT2D eigenvalue weighted by Gasteiger charge is -2.21. The summed E-state index contributed by atoms with van der Waals surface area (Å²) in [5.41, 5.74) is 5.88. The van der Waals surface area contributed by atoms with Gasteiger partial charge in [-0.15, -0.1) is 6.58 Å². The summed E-state index contributed by atoms with van der Waals surface area (Å²) in [5, 5.41) is 11.3. The molecule has 0 aliphatic heterocycles. The molecule has 0 fully saturated rings. The Bertz CT molecular complexity index is 95.7. The Kier molecular flexibility index (Phi) is 7.39. The number of hydroxylamine groups is 2. The molecule has 0 aliphatic carbocycles. The smallest absolute Gasteiger partial charge is 0.0278 e. The Hall–Kier alpha value is -0.420. The van der Waals surface area contributed by atoms with E-state index in [0.29, 0.717) is 6.54 Å². The molecule has 11 heavy (non-hydrogen) atoms. The van der Waals surface area contributed by atoms with E-state index in [9.17, 15) is 5.21 Å². The van der Waals surface area contributed by atoms with E-state index in [1.807, 2.05) is 0 Å². The first-order valence-corrected chi connectivity index (χ1v) is 3.72. The number of hydrogen-bond donors (Lipinski definition) is 2. The molecular weight excluding hydrogens is 142 g/mol. The highest BCUT2D eigenvalue weighted by molar-refractivity contribution is 4.67. The van der Waals surface area contributed by atoms with Gasteiger partial charge < -0.3 is 10.3 Å². The fourth-order valence-electron chi connectivity index (χ4n) is 0.623. The molecule has 0 spiro atoms. The number of rotatable bonds is 7. The SMILES string of the molecule is C=CCNNCCCN(C)[O-]. The van der Waals surface area contributed by atoms with Crippen molar-refractivity contribution < 1.29 is 0 Å². The van der Waals surface area contributed by atoms with Crippen LogP contribution in [-0.2, 0) is 0 Å². The van der Waals surface area contributed by atoms with Gasteiger partial charge in [0, 0.05) is 13.1 Å². The number of nitrogens with zero attached hydrogens (tertiary/aromatic N) is 1. The zero-order valence-corrected chi connectivity index (χ0v) is 6.97. The Morgan fingerprint density at radius 2 is 2.27 bits per heavy atom. The van der Waals surface area contributed by atoms with E-state index >= 15 is 0 Å². The van der Waals surface area contributed by atoms with Gasteiger partial charge in [-0.1, -0.05) is 6.08 Å². The zero-order valence-electron chi connectivity index (χ0n) is 6.97. The van der Waals surface area contributed by atoms with E-state index < -0.39 is 0 Å². The fourth-order valence-corrected chi connectivity index (χ4v) is 0.623. The first kappa shape index (κ1) is 10.6. The lowest BCUT2D eigenvalue weighted by Crippen LogP contribution is -2.33. The number of nitrogens with one attached hydrogen (secondary N) is 2. The van der Waals surface area contributed by atoms with Crippen LogP contribution in [0.15, 0.2) is 12.7 Å². The number of hydrazine groups is 1. The lowest BCUT2D eigenvalue weighted by molar-refractivity contribution is 0.426. The second-order valence-corrected chi connectivity index (χ2v) is 2.30. The quantitative estimate of drug-likeness (QED) is 0.313. The third-order valence-electron chi connectivity index (χ3n) is 1.15. The third kappa shape index (κ3) is 9.58. The van der Waals surface area contributed by atoms with Crippen molar-refractivity contribution in [3.8, 4) is 0 Å². The molecule has 0 aliphatic rings. The van der Waals surface area contributed by atoms with Gasteiger partial charge >= 0.3 is 0 Å².